The number of nitrogens with zero attached hydrogens (tertiary/aromatic N) is 2. The van der Waals surface area contributed by atoms with Crippen LogP contribution >= 0.6 is 0 Å². The second-order valence-electron chi connectivity index (χ2n) is 7.58. The molecule has 2 aromatic carbocycles. The van der Waals surface area contributed by atoms with Gasteiger partial charge in [-0.05, 0) is 50.6 Å². The molecule has 1 aromatic heterocycles. The van der Waals surface area contributed by atoms with E-state index >= 15 is 0 Å². The van der Waals surface area contributed by atoms with Crippen molar-refractivity contribution < 1.29 is 17.9 Å². The zero-order chi connectivity index (χ0) is 20.5. The van der Waals surface area contributed by atoms with Gasteiger partial charge in [-0.25, -0.2) is 13.2 Å². The highest BCUT2D eigenvalue weighted by molar-refractivity contribution is 7.90. The summed E-state index contributed by atoms with van der Waals surface area (Å²) < 4.78 is 28.9. The Kier molecular flexibility index (Phi) is 5.16. The van der Waals surface area contributed by atoms with E-state index < -0.39 is 21.5 Å². The van der Waals surface area contributed by atoms with E-state index in [1.807, 2.05) is 24.3 Å². The number of amides is 1. The van der Waals surface area contributed by atoms with Crippen molar-refractivity contribution in [1.82, 2.24) is 10.2 Å². The summed E-state index contributed by atoms with van der Waals surface area (Å²) in [5.74, 6) is 0.456. The minimum absolute atomic E-state index is 0.188. The van der Waals surface area contributed by atoms with Crippen molar-refractivity contribution in [3.05, 3.63) is 54.1 Å². The molecule has 3 rings (SSSR count). The van der Waals surface area contributed by atoms with Crippen LogP contribution in [0, 0.1) is 0 Å². The van der Waals surface area contributed by atoms with Crippen LogP contribution in [-0.2, 0) is 21.1 Å². The summed E-state index contributed by atoms with van der Waals surface area (Å²) in [5.41, 5.74) is 0.894. The molecular weight excluding hydrogens is 378 g/mol. The van der Waals surface area contributed by atoms with Gasteiger partial charge in [-0.3, -0.25) is 10.00 Å². The number of rotatable bonds is 4. The van der Waals surface area contributed by atoms with E-state index in [-0.39, 0.29) is 11.4 Å². The summed E-state index contributed by atoms with van der Waals surface area (Å²) in [7, 11) is -3.28. The molecule has 1 N–H and O–H groups in total. The van der Waals surface area contributed by atoms with Gasteiger partial charge in [0.05, 0.1) is 17.0 Å². The monoisotopic (exact) mass is 401 g/mol. The van der Waals surface area contributed by atoms with E-state index in [0.717, 1.165) is 22.7 Å². The molecule has 8 heteroatoms. The van der Waals surface area contributed by atoms with Crippen LogP contribution in [0.15, 0.2) is 53.4 Å². The number of carbonyl (C=O) groups excluding carboxylic acids is 1. The van der Waals surface area contributed by atoms with Gasteiger partial charge in [-0.2, -0.15) is 5.10 Å². The van der Waals surface area contributed by atoms with Gasteiger partial charge in [-0.15, -0.1) is 0 Å². The van der Waals surface area contributed by atoms with E-state index in [1.165, 1.54) is 17.0 Å². The molecule has 0 bridgehead atoms. The first-order chi connectivity index (χ1) is 13.0. The number of fused-ring (bicyclic) bond motifs is 1. The zero-order valence-electron chi connectivity index (χ0n) is 16.3. The quantitative estimate of drug-likeness (QED) is 0.716. The maximum Gasteiger partial charge on any atom is 0.416 e. The molecular formula is C20H23N3O4S. The van der Waals surface area contributed by atoms with E-state index in [4.69, 9.17) is 4.74 Å². The van der Waals surface area contributed by atoms with E-state index in [9.17, 15) is 13.2 Å². The number of H-pyrrole nitrogens is 1. The molecule has 1 heterocycles. The molecule has 7 nitrogen and oxygen atoms in total. The van der Waals surface area contributed by atoms with Crippen LogP contribution in [0.25, 0.3) is 10.9 Å². The Labute approximate surface area is 164 Å². The van der Waals surface area contributed by atoms with Crippen LogP contribution in [0.5, 0.6) is 0 Å². The van der Waals surface area contributed by atoms with Crippen molar-refractivity contribution in [2.45, 2.75) is 37.8 Å². The molecule has 0 saturated carbocycles. The van der Waals surface area contributed by atoms with Crippen LogP contribution in [0.3, 0.4) is 0 Å². The zero-order valence-corrected chi connectivity index (χ0v) is 17.1. The highest BCUT2D eigenvalue weighted by Gasteiger charge is 2.26. The molecule has 0 aliphatic carbocycles. The van der Waals surface area contributed by atoms with Crippen LogP contribution in [-0.4, -0.2) is 36.6 Å². The SMILES string of the molecule is CC(C)(C)OC(=O)N(Cc1ccc(S(C)(=O)=O)cc1)c1n[nH]c2ccccc12. The number of anilines is 1. The fourth-order valence-corrected chi connectivity index (χ4v) is 3.35. The van der Waals surface area contributed by atoms with Crippen molar-refractivity contribution in [3.8, 4) is 0 Å². The highest BCUT2D eigenvalue weighted by atomic mass is 32.2. The first-order valence-corrected chi connectivity index (χ1v) is 10.7. The maximum atomic E-state index is 12.9. The number of ether oxygens (including phenoxy) is 1. The second kappa shape index (κ2) is 7.27. The summed E-state index contributed by atoms with van der Waals surface area (Å²) in [6.45, 7) is 5.58. The van der Waals surface area contributed by atoms with Gasteiger partial charge in [-0.1, -0.05) is 24.3 Å². The molecule has 0 aliphatic rings. The lowest BCUT2D eigenvalue weighted by Crippen LogP contribution is -2.36. The van der Waals surface area contributed by atoms with Crippen molar-refractivity contribution >= 4 is 32.7 Å². The van der Waals surface area contributed by atoms with Crippen LogP contribution in [0.2, 0.25) is 0 Å². The Morgan fingerprint density at radius 1 is 1.11 bits per heavy atom. The Bertz CT molecular complexity index is 1100. The molecule has 0 atom stereocenters. The minimum atomic E-state index is -3.28. The minimum Gasteiger partial charge on any atom is -0.443 e. The lowest BCUT2D eigenvalue weighted by atomic mass is 10.2. The number of hydrogen-bond donors (Lipinski definition) is 1. The fraction of sp³-hybridized carbons (Fsp3) is 0.300. The first-order valence-electron chi connectivity index (χ1n) is 8.77. The summed E-state index contributed by atoms with van der Waals surface area (Å²) in [5, 5.41) is 8.02. The highest BCUT2D eigenvalue weighted by Crippen LogP contribution is 2.27. The average molecular weight is 401 g/mol. The summed E-state index contributed by atoms with van der Waals surface area (Å²) in [6, 6.07) is 13.9. The third-order valence-corrected chi connectivity index (χ3v) is 5.14. The molecule has 0 radical (unpaired) electrons. The molecule has 0 unspecified atom stereocenters. The van der Waals surface area contributed by atoms with Crippen LogP contribution in [0.1, 0.15) is 26.3 Å². The molecule has 0 aliphatic heterocycles. The van der Waals surface area contributed by atoms with Crippen molar-refractivity contribution in [2.24, 2.45) is 0 Å². The smallest absolute Gasteiger partial charge is 0.416 e. The standard InChI is InChI=1S/C20H23N3O4S/c1-20(2,3)27-19(24)23(18-16-7-5-6-8-17(16)21-22-18)13-14-9-11-15(12-10-14)28(4,25)26/h5-12H,13H2,1-4H3,(H,21,22). The summed E-state index contributed by atoms with van der Waals surface area (Å²) >= 11 is 0. The second-order valence-corrected chi connectivity index (χ2v) is 9.59. The average Bonchev–Trinajstić information content (AvgIpc) is 3.01. The van der Waals surface area contributed by atoms with Gasteiger partial charge >= 0.3 is 6.09 Å². The maximum absolute atomic E-state index is 12.9. The van der Waals surface area contributed by atoms with Gasteiger partial charge in [0.2, 0.25) is 0 Å². The predicted molar refractivity (Wildman–Crippen MR) is 108 cm³/mol. The lowest BCUT2D eigenvalue weighted by molar-refractivity contribution is 0.0576. The largest absolute Gasteiger partial charge is 0.443 e. The van der Waals surface area contributed by atoms with Gasteiger partial charge in [0.25, 0.3) is 0 Å². The number of sulfone groups is 1. The molecule has 28 heavy (non-hydrogen) atoms. The number of nitrogens with one attached hydrogen (secondary N) is 1. The fourth-order valence-electron chi connectivity index (χ4n) is 2.72. The third kappa shape index (κ3) is 4.51. The summed E-state index contributed by atoms with van der Waals surface area (Å²) in [4.78, 5) is 14.6. The molecule has 0 spiro atoms. The van der Waals surface area contributed by atoms with E-state index in [1.54, 1.807) is 32.9 Å². The van der Waals surface area contributed by atoms with E-state index in [2.05, 4.69) is 10.2 Å². The van der Waals surface area contributed by atoms with Crippen molar-refractivity contribution in [2.75, 3.05) is 11.2 Å². The molecule has 148 valence electrons. The Balaban J connectivity index is 1.98. The number of carbonyl (C=O) groups is 1. The summed E-state index contributed by atoms with van der Waals surface area (Å²) in [6.07, 6.45) is 0.627. The lowest BCUT2D eigenvalue weighted by Gasteiger charge is -2.26. The topological polar surface area (TPSA) is 92.4 Å². The predicted octanol–water partition coefficient (Wildman–Crippen LogP) is 3.91. The Morgan fingerprint density at radius 3 is 2.36 bits per heavy atom. The van der Waals surface area contributed by atoms with Crippen LogP contribution in [0.4, 0.5) is 10.6 Å². The third-order valence-electron chi connectivity index (χ3n) is 4.01. The Hall–Kier alpha value is -2.87. The number of hydrogen-bond acceptors (Lipinski definition) is 5. The van der Waals surface area contributed by atoms with Gasteiger partial charge in [0.1, 0.15) is 5.60 Å². The van der Waals surface area contributed by atoms with Gasteiger partial charge in [0.15, 0.2) is 15.7 Å². The molecule has 3 aromatic rings. The van der Waals surface area contributed by atoms with Crippen LogP contribution < -0.4 is 4.90 Å². The Morgan fingerprint density at radius 2 is 1.75 bits per heavy atom. The van der Waals surface area contributed by atoms with Gasteiger partial charge < -0.3 is 4.74 Å². The number of aromatic nitrogens is 2. The molecule has 0 saturated heterocycles. The number of para-hydroxylation sites is 1. The van der Waals surface area contributed by atoms with Crippen molar-refractivity contribution in [1.29, 1.82) is 0 Å². The number of benzene rings is 2. The molecule has 1 amide bonds. The van der Waals surface area contributed by atoms with E-state index in [0.29, 0.717) is 5.82 Å². The normalized spacial score (nSPS) is 12.1. The number of aromatic amines is 1. The van der Waals surface area contributed by atoms with Gasteiger partial charge in [0, 0.05) is 11.6 Å². The van der Waals surface area contributed by atoms with Crippen molar-refractivity contribution in [3.63, 3.8) is 0 Å². The molecule has 0 fully saturated rings. The first kappa shape index (κ1) is 19.9.